The van der Waals surface area contributed by atoms with Crippen molar-refractivity contribution in [2.75, 3.05) is 0 Å². The molecule has 0 saturated carbocycles. The summed E-state index contributed by atoms with van der Waals surface area (Å²) < 4.78 is 4.61. The van der Waals surface area contributed by atoms with Crippen LogP contribution in [-0.2, 0) is 7.05 Å². The van der Waals surface area contributed by atoms with Gasteiger partial charge >= 0.3 is 0 Å². The summed E-state index contributed by atoms with van der Waals surface area (Å²) in [6.07, 6.45) is 6.21. The van der Waals surface area contributed by atoms with Gasteiger partial charge in [-0.05, 0) is 53.6 Å². The molecule has 3 nitrogen and oxygen atoms in total. The topological polar surface area (TPSA) is 21.7 Å². The number of aryl methyl sites for hydroxylation is 2. The van der Waals surface area contributed by atoms with Gasteiger partial charge in [-0.3, -0.25) is 4.98 Å². The summed E-state index contributed by atoms with van der Waals surface area (Å²) in [6, 6.07) is 19.4. The number of hydrogen-bond donors (Lipinski definition) is 0. The minimum absolute atomic E-state index is 0.442. The minimum Gasteiger partial charge on any atom is -0.311 e. The molecule has 31 heavy (non-hydrogen) atoms. The molecule has 3 heterocycles. The summed E-state index contributed by atoms with van der Waals surface area (Å²) in [7, 11) is 2.12. The number of benzene rings is 1. The molecule has 158 valence electrons. The van der Waals surface area contributed by atoms with Gasteiger partial charge in [-0.15, -0.1) is 0 Å². The highest BCUT2D eigenvalue weighted by Gasteiger charge is 2.23. The van der Waals surface area contributed by atoms with Crippen LogP contribution in [0.2, 0.25) is 0 Å². The van der Waals surface area contributed by atoms with E-state index in [0.29, 0.717) is 11.8 Å². The van der Waals surface area contributed by atoms with Crippen molar-refractivity contribution in [2.24, 2.45) is 7.05 Å². The molecule has 0 atom stereocenters. The fourth-order valence-electron chi connectivity index (χ4n) is 4.33. The van der Waals surface area contributed by atoms with Crippen molar-refractivity contribution in [1.29, 1.82) is 0 Å². The number of rotatable bonds is 5. The van der Waals surface area contributed by atoms with E-state index in [9.17, 15) is 0 Å². The molecule has 0 bridgehead atoms. The van der Waals surface area contributed by atoms with Crippen LogP contribution in [0.25, 0.3) is 28.3 Å². The predicted octanol–water partition coefficient (Wildman–Crippen LogP) is 6.59. The number of nitrogens with zero attached hydrogens (tertiary/aromatic N) is 3. The summed E-state index contributed by atoms with van der Waals surface area (Å²) >= 11 is 0. The van der Waals surface area contributed by atoms with E-state index < -0.39 is 0 Å². The molecule has 0 aliphatic rings. The molecule has 4 aromatic rings. The maximum Gasteiger partial charge on any atom is 0.230 e. The van der Waals surface area contributed by atoms with Crippen molar-refractivity contribution < 1.29 is 4.57 Å². The molecular formula is C28H32N3+. The molecule has 4 rings (SSSR count). The summed E-state index contributed by atoms with van der Waals surface area (Å²) in [5, 5.41) is 0. The van der Waals surface area contributed by atoms with Crippen molar-refractivity contribution in [1.82, 2.24) is 9.55 Å². The first-order valence-corrected chi connectivity index (χ1v) is 11.1. The molecule has 0 spiro atoms. The Morgan fingerprint density at radius 2 is 1.58 bits per heavy atom. The summed E-state index contributed by atoms with van der Waals surface area (Å²) in [4.78, 5) is 4.56. The van der Waals surface area contributed by atoms with E-state index in [1.165, 1.54) is 33.8 Å². The Kier molecular flexibility index (Phi) is 5.77. The number of hydrogen-bond acceptors (Lipinski definition) is 1. The van der Waals surface area contributed by atoms with E-state index >= 15 is 0 Å². The maximum atomic E-state index is 4.56. The maximum absolute atomic E-state index is 4.56. The Bertz CT molecular complexity index is 1170. The van der Waals surface area contributed by atoms with Crippen LogP contribution >= 0.6 is 0 Å². The Balaban J connectivity index is 1.98. The number of pyridine rings is 2. The lowest BCUT2D eigenvalue weighted by atomic mass is 9.92. The van der Waals surface area contributed by atoms with Gasteiger partial charge in [0.2, 0.25) is 5.69 Å². The molecule has 0 N–H and O–H groups in total. The summed E-state index contributed by atoms with van der Waals surface area (Å²) in [5.74, 6) is 0.885. The first kappa shape index (κ1) is 21.0. The number of aromatic nitrogens is 3. The second-order valence-electron chi connectivity index (χ2n) is 8.94. The van der Waals surface area contributed by atoms with E-state index in [1.807, 2.05) is 18.3 Å². The molecule has 0 radical (unpaired) electrons. The van der Waals surface area contributed by atoms with Gasteiger partial charge in [0.05, 0.1) is 11.4 Å². The lowest BCUT2D eigenvalue weighted by molar-refractivity contribution is -0.660. The fourth-order valence-corrected chi connectivity index (χ4v) is 4.33. The molecule has 3 heteroatoms. The van der Waals surface area contributed by atoms with Crippen LogP contribution in [-0.4, -0.2) is 9.55 Å². The van der Waals surface area contributed by atoms with Gasteiger partial charge < -0.3 is 4.57 Å². The van der Waals surface area contributed by atoms with Crippen LogP contribution in [0.15, 0.2) is 73.2 Å². The quantitative estimate of drug-likeness (QED) is 0.340. The molecule has 0 aliphatic carbocycles. The lowest BCUT2D eigenvalue weighted by Gasteiger charge is -2.22. The average Bonchev–Trinajstić information content (AvgIpc) is 3.15. The summed E-state index contributed by atoms with van der Waals surface area (Å²) in [5.41, 5.74) is 9.88. The normalized spacial score (nSPS) is 11.5. The smallest absolute Gasteiger partial charge is 0.230 e. The lowest BCUT2D eigenvalue weighted by Crippen LogP contribution is -2.31. The Hall–Kier alpha value is -3.20. The molecule has 1 aromatic carbocycles. The average molecular weight is 411 g/mol. The zero-order valence-electron chi connectivity index (χ0n) is 19.4. The van der Waals surface area contributed by atoms with Crippen LogP contribution in [0.1, 0.15) is 56.2 Å². The van der Waals surface area contributed by atoms with Gasteiger partial charge in [-0.1, -0.05) is 52.0 Å². The van der Waals surface area contributed by atoms with Crippen LogP contribution in [0.4, 0.5) is 0 Å². The third kappa shape index (κ3) is 3.93. The van der Waals surface area contributed by atoms with E-state index in [1.54, 1.807) is 0 Å². The van der Waals surface area contributed by atoms with Gasteiger partial charge in [0.15, 0.2) is 6.20 Å². The van der Waals surface area contributed by atoms with E-state index in [0.717, 1.165) is 11.3 Å². The van der Waals surface area contributed by atoms with Gasteiger partial charge in [0.1, 0.15) is 12.7 Å². The molecule has 0 amide bonds. The van der Waals surface area contributed by atoms with Gasteiger partial charge in [0, 0.05) is 30.1 Å². The van der Waals surface area contributed by atoms with Crippen LogP contribution in [0.3, 0.4) is 0 Å². The highest BCUT2D eigenvalue weighted by molar-refractivity contribution is 5.69. The van der Waals surface area contributed by atoms with E-state index in [2.05, 4.69) is 111 Å². The van der Waals surface area contributed by atoms with Gasteiger partial charge in [0.25, 0.3) is 0 Å². The molecule has 0 unspecified atom stereocenters. The second kappa shape index (κ2) is 8.50. The first-order chi connectivity index (χ1) is 14.9. The van der Waals surface area contributed by atoms with Crippen LogP contribution < -0.4 is 4.57 Å². The zero-order valence-corrected chi connectivity index (χ0v) is 19.4. The molecule has 0 saturated heterocycles. The summed E-state index contributed by atoms with van der Waals surface area (Å²) in [6.45, 7) is 11.3. The minimum atomic E-state index is 0.442. The molecule has 0 aliphatic heterocycles. The molecule has 0 fully saturated rings. The predicted molar refractivity (Wildman–Crippen MR) is 129 cm³/mol. The van der Waals surface area contributed by atoms with Crippen molar-refractivity contribution in [2.45, 2.75) is 46.5 Å². The number of para-hydroxylation sites is 1. The van der Waals surface area contributed by atoms with Crippen molar-refractivity contribution in [3.05, 3.63) is 89.9 Å². The third-order valence-corrected chi connectivity index (χ3v) is 6.02. The zero-order chi connectivity index (χ0) is 22.1. The Labute approximate surface area is 186 Å². The van der Waals surface area contributed by atoms with E-state index in [4.69, 9.17) is 0 Å². The second-order valence-corrected chi connectivity index (χ2v) is 8.94. The van der Waals surface area contributed by atoms with Gasteiger partial charge in [-0.25, -0.2) is 0 Å². The largest absolute Gasteiger partial charge is 0.311 e. The van der Waals surface area contributed by atoms with Crippen LogP contribution in [0, 0.1) is 6.92 Å². The monoisotopic (exact) mass is 410 g/mol. The van der Waals surface area contributed by atoms with Gasteiger partial charge in [-0.2, -0.15) is 4.57 Å². The highest BCUT2D eigenvalue weighted by atomic mass is 15.0. The van der Waals surface area contributed by atoms with Crippen molar-refractivity contribution in [3.63, 3.8) is 0 Å². The fraction of sp³-hybridized carbons (Fsp3) is 0.286. The molecular weight excluding hydrogens is 378 g/mol. The SMILES string of the molecule is Cc1ccn(-c2c(C(C)C)cccc2C(C)C)c1-c1cc(-c2ccccn2)cc[n+]1C. The Morgan fingerprint density at radius 3 is 2.19 bits per heavy atom. The highest BCUT2D eigenvalue weighted by Crippen LogP contribution is 2.35. The Morgan fingerprint density at radius 1 is 0.871 bits per heavy atom. The first-order valence-electron chi connectivity index (χ1n) is 11.1. The van der Waals surface area contributed by atoms with Crippen molar-refractivity contribution in [3.8, 4) is 28.3 Å². The van der Waals surface area contributed by atoms with Crippen LogP contribution in [0.5, 0.6) is 0 Å². The third-order valence-electron chi connectivity index (χ3n) is 6.02. The van der Waals surface area contributed by atoms with Crippen molar-refractivity contribution >= 4 is 0 Å². The van der Waals surface area contributed by atoms with E-state index in [-0.39, 0.29) is 0 Å². The molecule has 3 aromatic heterocycles. The standard InChI is InChI=1S/C28H32N3/c1-19(2)23-10-9-11-24(20(3)4)28(23)31-17-13-21(5)27(31)26-18-22(14-16-30(26)6)25-12-7-8-15-29-25/h7-20H,1-6H3/q+1.